The van der Waals surface area contributed by atoms with Crippen molar-refractivity contribution in [1.82, 2.24) is 9.88 Å². The van der Waals surface area contributed by atoms with Crippen molar-refractivity contribution in [1.29, 1.82) is 0 Å². The molecular formula is C18H19N3O2S2. The fraction of sp³-hybridized carbons (Fsp3) is 0.389. The smallest absolute Gasteiger partial charge is 0.248 e. The zero-order chi connectivity index (χ0) is 17.6. The Morgan fingerprint density at radius 2 is 2.12 bits per heavy atom. The predicted octanol–water partition coefficient (Wildman–Crippen LogP) is 3.51. The lowest BCUT2D eigenvalue weighted by molar-refractivity contribution is -0.135. The third kappa shape index (κ3) is 2.95. The van der Waals surface area contributed by atoms with E-state index < -0.39 is 0 Å². The number of carbonyl (C=O) groups is 2. The molecule has 2 fully saturated rings. The number of aryl methyl sites for hydroxylation is 1. The van der Waals surface area contributed by atoms with Crippen molar-refractivity contribution >= 4 is 40.6 Å². The zero-order valence-electron chi connectivity index (χ0n) is 14.1. The van der Waals surface area contributed by atoms with Crippen LogP contribution in [0.25, 0.3) is 11.3 Å². The van der Waals surface area contributed by atoms with Crippen LogP contribution in [-0.2, 0) is 9.59 Å². The van der Waals surface area contributed by atoms with Gasteiger partial charge in [-0.2, -0.15) is 0 Å². The number of rotatable bonds is 3. The summed E-state index contributed by atoms with van der Waals surface area (Å²) in [5, 5.41) is 6.01. The SMILES string of the molecule is Cc1nc(-c2ccc(NC(=O)C3CSC4(C)CCC(=O)N34)cc2)cs1. The number of nitrogens with zero attached hydrogens (tertiary/aromatic N) is 2. The van der Waals surface area contributed by atoms with Gasteiger partial charge in [-0.25, -0.2) is 4.98 Å². The lowest BCUT2D eigenvalue weighted by Crippen LogP contribution is -2.48. The van der Waals surface area contributed by atoms with Crippen molar-refractivity contribution in [3.8, 4) is 11.3 Å². The molecule has 5 nitrogen and oxygen atoms in total. The summed E-state index contributed by atoms with van der Waals surface area (Å²) in [5.41, 5.74) is 2.72. The highest BCUT2D eigenvalue weighted by atomic mass is 32.2. The summed E-state index contributed by atoms with van der Waals surface area (Å²) < 4.78 is 0. The molecule has 0 aliphatic carbocycles. The van der Waals surface area contributed by atoms with E-state index in [0.717, 1.165) is 28.4 Å². The van der Waals surface area contributed by atoms with Crippen LogP contribution >= 0.6 is 23.1 Å². The van der Waals surface area contributed by atoms with E-state index in [9.17, 15) is 9.59 Å². The molecule has 2 aliphatic heterocycles. The van der Waals surface area contributed by atoms with Gasteiger partial charge in [0.2, 0.25) is 11.8 Å². The molecule has 4 rings (SSSR count). The van der Waals surface area contributed by atoms with Crippen molar-refractivity contribution in [2.45, 2.75) is 37.6 Å². The van der Waals surface area contributed by atoms with Crippen molar-refractivity contribution in [3.63, 3.8) is 0 Å². The van der Waals surface area contributed by atoms with Gasteiger partial charge in [0.05, 0.1) is 15.6 Å². The topological polar surface area (TPSA) is 62.3 Å². The van der Waals surface area contributed by atoms with Gasteiger partial charge in [-0.1, -0.05) is 12.1 Å². The predicted molar refractivity (Wildman–Crippen MR) is 102 cm³/mol. The molecular weight excluding hydrogens is 354 g/mol. The number of carbonyl (C=O) groups excluding carboxylic acids is 2. The summed E-state index contributed by atoms with van der Waals surface area (Å²) in [7, 11) is 0. The quantitative estimate of drug-likeness (QED) is 0.894. The number of hydrogen-bond donors (Lipinski definition) is 1. The molecule has 0 spiro atoms. The fourth-order valence-corrected chi connectivity index (χ4v) is 5.51. The van der Waals surface area contributed by atoms with Gasteiger partial charge >= 0.3 is 0 Å². The molecule has 3 heterocycles. The first kappa shape index (κ1) is 16.6. The Labute approximate surface area is 154 Å². The summed E-state index contributed by atoms with van der Waals surface area (Å²) in [6.45, 7) is 4.04. The highest BCUT2D eigenvalue weighted by molar-refractivity contribution is 8.01. The van der Waals surface area contributed by atoms with Gasteiger partial charge in [-0.3, -0.25) is 9.59 Å². The minimum atomic E-state index is -0.383. The standard InChI is InChI=1S/C18H19N3O2S2/c1-11-19-14(9-24-11)12-3-5-13(6-4-12)20-17(23)15-10-25-18(2)8-7-16(22)21(15)18/h3-6,9,15H,7-8,10H2,1-2H3,(H,20,23). The van der Waals surface area contributed by atoms with Crippen LogP contribution in [0.4, 0.5) is 5.69 Å². The average molecular weight is 374 g/mol. The molecule has 1 aromatic heterocycles. The number of thiazole rings is 1. The van der Waals surface area contributed by atoms with Gasteiger partial charge in [0, 0.05) is 28.8 Å². The maximum Gasteiger partial charge on any atom is 0.248 e. The fourth-order valence-electron chi connectivity index (χ4n) is 3.46. The first-order valence-corrected chi connectivity index (χ1v) is 10.1. The molecule has 7 heteroatoms. The maximum absolute atomic E-state index is 12.7. The normalized spacial score (nSPS) is 25.3. The Morgan fingerprint density at radius 1 is 1.36 bits per heavy atom. The highest BCUT2D eigenvalue weighted by Gasteiger charge is 2.52. The molecule has 25 heavy (non-hydrogen) atoms. The number of fused-ring (bicyclic) bond motifs is 1. The molecule has 2 unspecified atom stereocenters. The summed E-state index contributed by atoms with van der Waals surface area (Å²) in [5.74, 6) is 0.634. The van der Waals surface area contributed by atoms with Crippen LogP contribution in [-0.4, -0.2) is 38.4 Å². The van der Waals surface area contributed by atoms with Crippen LogP contribution in [0.3, 0.4) is 0 Å². The molecule has 1 aromatic carbocycles. The Hall–Kier alpha value is -1.86. The average Bonchev–Trinajstić information content (AvgIpc) is 3.24. The molecule has 2 saturated heterocycles. The third-order valence-electron chi connectivity index (χ3n) is 4.81. The molecule has 2 amide bonds. The van der Waals surface area contributed by atoms with Crippen molar-refractivity contribution < 1.29 is 9.59 Å². The Bertz CT molecular complexity index is 833. The van der Waals surface area contributed by atoms with Crippen LogP contribution in [0.5, 0.6) is 0 Å². The van der Waals surface area contributed by atoms with E-state index in [4.69, 9.17) is 0 Å². The van der Waals surface area contributed by atoms with Gasteiger partial charge in [0.15, 0.2) is 0 Å². The van der Waals surface area contributed by atoms with E-state index in [2.05, 4.69) is 17.2 Å². The van der Waals surface area contributed by atoms with Crippen molar-refractivity contribution in [3.05, 3.63) is 34.7 Å². The minimum absolute atomic E-state index is 0.0851. The molecule has 2 aliphatic rings. The number of nitrogens with one attached hydrogen (secondary N) is 1. The van der Waals surface area contributed by atoms with E-state index in [1.165, 1.54) is 0 Å². The molecule has 0 saturated carbocycles. The molecule has 1 N–H and O–H groups in total. The largest absolute Gasteiger partial charge is 0.324 e. The number of hydrogen-bond acceptors (Lipinski definition) is 5. The first-order chi connectivity index (χ1) is 12.0. The number of thioether (sulfide) groups is 1. The second-order valence-corrected chi connectivity index (χ2v) is 9.15. The summed E-state index contributed by atoms with van der Waals surface area (Å²) in [4.78, 5) is 30.9. The molecule has 130 valence electrons. The van der Waals surface area contributed by atoms with Crippen LogP contribution in [0.15, 0.2) is 29.6 Å². The van der Waals surface area contributed by atoms with E-state index in [1.54, 1.807) is 28.0 Å². The highest BCUT2D eigenvalue weighted by Crippen LogP contribution is 2.47. The lowest BCUT2D eigenvalue weighted by Gasteiger charge is -2.29. The van der Waals surface area contributed by atoms with E-state index in [1.807, 2.05) is 36.6 Å². The third-order valence-corrected chi connectivity index (χ3v) is 7.09. The second kappa shape index (κ2) is 6.14. The molecule has 0 radical (unpaired) electrons. The summed E-state index contributed by atoms with van der Waals surface area (Å²) in [6.07, 6.45) is 1.36. The van der Waals surface area contributed by atoms with Gasteiger partial charge in [-0.15, -0.1) is 23.1 Å². The van der Waals surface area contributed by atoms with Crippen molar-refractivity contribution in [2.75, 3.05) is 11.1 Å². The van der Waals surface area contributed by atoms with E-state index >= 15 is 0 Å². The number of amides is 2. The first-order valence-electron chi connectivity index (χ1n) is 8.26. The van der Waals surface area contributed by atoms with E-state index in [0.29, 0.717) is 12.2 Å². The number of anilines is 1. The van der Waals surface area contributed by atoms with Crippen molar-refractivity contribution in [2.24, 2.45) is 0 Å². The van der Waals surface area contributed by atoms with Crippen LogP contribution in [0.2, 0.25) is 0 Å². The van der Waals surface area contributed by atoms with Gasteiger partial charge in [0.25, 0.3) is 0 Å². The van der Waals surface area contributed by atoms with Crippen LogP contribution in [0.1, 0.15) is 24.8 Å². The van der Waals surface area contributed by atoms with Gasteiger partial charge in [-0.05, 0) is 32.4 Å². The maximum atomic E-state index is 12.7. The number of benzene rings is 1. The number of aromatic nitrogens is 1. The zero-order valence-corrected chi connectivity index (χ0v) is 15.7. The minimum Gasteiger partial charge on any atom is -0.324 e. The van der Waals surface area contributed by atoms with Crippen LogP contribution in [0, 0.1) is 6.92 Å². The second-order valence-electron chi connectivity index (χ2n) is 6.58. The molecule has 2 atom stereocenters. The van der Waals surface area contributed by atoms with Crippen LogP contribution < -0.4 is 5.32 Å². The lowest BCUT2D eigenvalue weighted by atomic mass is 10.1. The van der Waals surface area contributed by atoms with E-state index in [-0.39, 0.29) is 22.7 Å². The molecule has 0 bridgehead atoms. The summed E-state index contributed by atoms with van der Waals surface area (Å²) >= 11 is 3.32. The van der Waals surface area contributed by atoms with Gasteiger partial charge in [0.1, 0.15) is 6.04 Å². The van der Waals surface area contributed by atoms with Gasteiger partial charge < -0.3 is 10.2 Å². The Morgan fingerprint density at radius 3 is 2.80 bits per heavy atom. The summed E-state index contributed by atoms with van der Waals surface area (Å²) in [6, 6.07) is 7.30. The monoisotopic (exact) mass is 373 g/mol. The Kier molecular flexibility index (Phi) is 4.08. The molecule has 2 aromatic rings. The Balaban J connectivity index is 1.47.